The molecule has 4 rings (SSSR count). The third-order valence-electron chi connectivity index (χ3n) is 4.92. The van der Waals surface area contributed by atoms with Gasteiger partial charge in [0, 0.05) is 5.56 Å². The Morgan fingerprint density at radius 1 is 0.595 bits per heavy atom. The zero-order valence-electron chi connectivity index (χ0n) is 19.4. The molecule has 0 aromatic heterocycles. The average Bonchev–Trinajstić information content (AvgIpc) is 2.86. The van der Waals surface area contributed by atoms with E-state index in [1.54, 1.807) is 36.4 Å². The quantitative estimate of drug-likeness (QED) is 0.146. The fourth-order valence-corrected chi connectivity index (χ4v) is 4.43. The van der Waals surface area contributed by atoms with Crippen LogP contribution in [-0.2, 0) is 20.6 Å². The average molecular weight is 545 g/mol. The van der Waals surface area contributed by atoms with Crippen LogP contribution in [0.4, 0.5) is 3.89 Å². The summed E-state index contributed by atoms with van der Waals surface area (Å²) in [5.74, 6) is 0.533. The van der Waals surface area contributed by atoms with Gasteiger partial charge in [0.15, 0.2) is 0 Å². The molecule has 0 fully saturated rings. The molecule has 4 aromatic carbocycles. The monoisotopic (exact) mass is 544 g/mol. The van der Waals surface area contributed by atoms with Crippen LogP contribution in [-0.4, -0.2) is 16.8 Å². The highest BCUT2D eigenvalue weighted by atomic mass is 32.3. The smallest absolute Gasteiger partial charge is 0.451 e. The molecule has 37 heavy (non-hydrogen) atoms. The maximum absolute atomic E-state index is 12.7. The number of ether oxygens (including phenoxy) is 2. The van der Waals surface area contributed by atoms with Crippen molar-refractivity contribution < 1.29 is 38.6 Å². The van der Waals surface area contributed by atoms with E-state index in [0.717, 1.165) is 5.56 Å². The predicted molar refractivity (Wildman–Crippen MR) is 133 cm³/mol. The van der Waals surface area contributed by atoms with E-state index in [9.17, 15) is 20.7 Å². The van der Waals surface area contributed by atoms with Crippen molar-refractivity contribution in [3.8, 4) is 23.0 Å². The van der Waals surface area contributed by atoms with Crippen LogP contribution in [0.1, 0.15) is 17.4 Å². The Bertz CT molecular complexity index is 1540. The Morgan fingerprint density at radius 3 is 1.54 bits per heavy atom. The van der Waals surface area contributed by atoms with Crippen molar-refractivity contribution in [3.63, 3.8) is 0 Å². The summed E-state index contributed by atoms with van der Waals surface area (Å²) in [5.41, 5.74) is 1.59. The predicted octanol–water partition coefficient (Wildman–Crippen LogP) is 5.51. The summed E-state index contributed by atoms with van der Waals surface area (Å²) in [7, 11) is -9.14. The molecule has 0 amide bonds. The van der Waals surface area contributed by atoms with Crippen LogP contribution >= 0.6 is 0 Å². The summed E-state index contributed by atoms with van der Waals surface area (Å²) in [5, 5.41) is 0. The van der Waals surface area contributed by atoms with Crippen LogP contribution in [0.25, 0.3) is 0 Å². The van der Waals surface area contributed by atoms with Crippen molar-refractivity contribution in [2.24, 2.45) is 0 Å². The number of benzene rings is 4. The Kier molecular flexibility index (Phi) is 7.65. The molecule has 1 unspecified atom stereocenters. The molecule has 0 saturated carbocycles. The second kappa shape index (κ2) is 10.9. The molecule has 192 valence electrons. The minimum Gasteiger partial charge on any atom is -0.451 e. The van der Waals surface area contributed by atoms with Crippen molar-refractivity contribution in [2.75, 3.05) is 0 Å². The van der Waals surface area contributed by atoms with Crippen LogP contribution in [0.15, 0.2) is 108 Å². The summed E-state index contributed by atoms with van der Waals surface area (Å²) in [6.07, 6.45) is -0.930. The molecule has 0 bridgehead atoms. The van der Waals surface area contributed by atoms with Gasteiger partial charge in [-0.15, -0.1) is 0 Å². The molecule has 0 N–H and O–H groups in total. The summed E-state index contributed by atoms with van der Waals surface area (Å²) in [4.78, 5) is 0.0384. The molecule has 11 heteroatoms. The molecule has 0 heterocycles. The lowest BCUT2D eigenvalue weighted by atomic mass is 10.2. The normalized spacial score (nSPS) is 12.4. The van der Waals surface area contributed by atoms with Crippen LogP contribution in [0, 0.1) is 6.92 Å². The Hall–Kier alpha value is -4.09. The molecule has 1 atom stereocenters. The fourth-order valence-electron chi connectivity index (χ4n) is 3.16. The van der Waals surface area contributed by atoms with Gasteiger partial charge < -0.3 is 17.8 Å². The highest BCUT2D eigenvalue weighted by Crippen LogP contribution is 2.29. The first-order valence-electron chi connectivity index (χ1n) is 10.8. The van der Waals surface area contributed by atoms with Crippen LogP contribution in [0.5, 0.6) is 23.0 Å². The summed E-state index contributed by atoms with van der Waals surface area (Å²) in [6, 6.07) is 26.5. The number of hydrogen-bond acceptors (Lipinski definition) is 8. The zero-order valence-corrected chi connectivity index (χ0v) is 21.0. The first-order chi connectivity index (χ1) is 17.6. The minimum absolute atomic E-state index is 0.0384. The molecule has 8 nitrogen and oxygen atoms in total. The standard InChI is InChI=1S/C26H21FO8S2/c1-19-7-17-25(18-8-19)36(28,29)34-23-13-9-21(10-14-23)32-26(20-5-3-2-4-6-20)33-22-11-15-24(16-12-22)35-37(27,30)31/h2-18,26H,1H3. The van der Waals surface area contributed by atoms with Gasteiger partial charge in [0.25, 0.3) is 6.29 Å². The maximum atomic E-state index is 12.7. The van der Waals surface area contributed by atoms with Gasteiger partial charge in [0.1, 0.15) is 27.9 Å². The fraction of sp³-hybridized carbons (Fsp3) is 0.0769. The van der Waals surface area contributed by atoms with E-state index in [0.29, 0.717) is 17.1 Å². The lowest BCUT2D eigenvalue weighted by Gasteiger charge is -2.21. The summed E-state index contributed by atoms with van der Waals surface area (Å²) < 4.78 is 80.4. The highest BCUT2D eigenvalue weighted by Gasteiger charge is 2.19. The molecular formula is C26H21FO8S2. The zero-order chi connectivity index (χ0) is 26.5. The van der Waals surface area contributed by atoms with Gasteiger partial charge in [0.2, 0.25) is 0 Å². The van der Waals surface area contributed by atoms with E-state index < -0.39 is 26.9 Å². The van der Waals surface area contributed by atoms with Crippen molar-refractivity contribution in [2.45, 2.75) is 18.1 Å². The maximum Gasteiger partial charge on any atom is 0.488 e. The lowest BCUT2D eigenvalue weighted by Crippen LogP contribution is -2.15. The second-order valence-electron chi connectivity index (χ2n) is 7.75. The summed E-state index contributed by atoms with van der Waals surface area (Å²) >= 11 is 0. The summed E-state index contributed by atoms with van der Waals surface area (Å²) in [6.45, 7) is 1.85. The first-order valence-corrected chi connectivity index (χ1v) is 13.5. The highest BCUT2D eigenvalue weighted by molar-refractivity contribution is 7.87. The van der Waals surface area contributed by atoms with E-state index in [4.69, 9.17) is 13.7 Å². The molecule has 0 radical (unpaired) electrons. The SMILES string of the molecule is Cc1ccc(S(=O)(=O)Oc2ccc(OC(Oc3ccc(OS(=O)(=O)F)cc3)c3ccccc3)cc2)cc1. The van der Waals surface area contributed by atoms with Crippen molar-refractivity contribution in [1.29, 1.82) is 0 Å². The van der Waals surface area contributed by atoms with Gasteiger partial charge in [-0.05, 0) is 67.6 Å². The van der Waals surface area contributed by atoms with E-state index >= 15 is 0 Å². The van der Waals surface area contributed by atoms with Crippen LogP contribution in [0.2, 0.25) is 0 Å². The number of halogens is 1. The van der Waals surface area contributed by atoms with Gasteiger partial charge in [-0.2, -0.15) is 16.8 Å². The van der Waals surface area contributed by atoms with Gasteiger partial charge in [-0.3, -0.25) is 0 Å². The lowest BCUT2D eigenvalue weighted by molar-refractivity contribution is 0.00376. The third kappa shape index (κ3) is 7.45. The van der Waals surface area contributed by atoms with Crippen molar-refractivity contribution in [3.05, 3.63) is 114 Å². The van der Waals surface area contributed by atoms with Crippen molar-refractivity contribution >= 4 is 20.6 Å². The number of aryl methyl sites for hydroxylation is 1. The number of rotatable bonds is 10. The van der Waals surface area contributed by atoms with Crippen molar-refractivity contribution in [1.82, 2.24) is 0 Å². The molecule has 0 saturated heterocycles. The molecule has 0 spiro atoms. The van der Waals surface area contributed by atoms with Gasteiger partial charge in [0.05, 0.1) is 0 Å². The Balaban J connectivity index is 1.49. The van der Waals surface area contributed by atoms with E-state index in [-0.39, 0.29) is 16.4 Å². The molecule has 0 aliphatic rings. The first kappa shape index (κ1) is 26.0. The molecule has 0 aliphatic heterocycles. The van der Waals surface area contributed by atoms with Crippen LogP contribution < -0.4 is 17.8 Å². The van der Waals surface area contributed by atoms with Crippen LogP contribution in [0.3, 0.4) is 0 Å². The molecule has 4 aromatic rings. The topological polar surface area (TPSA) is 105 Å². The van der Waals surface area contributed by atoms with E-state index in [2.05, 4.69) is 4.18 Å². The molecular weight excluding hydrogens is 523 g/mol. The van der Waals surface area contributed by atoms with E-state index in [1.807, 2.05) is 13.0 Å². The molecule has 0 aliphatic carbocycles. The largest absolute Gasteiger partial charge is 0.488 e. The number of hydrogen-bond donors (Lipinski definition) is 0. The van der Waals surface area contributed by atoms with Gasteiger partial charge in [-0.25, -0.2) is 0 Å². The van der Waals surface area contributed by atoms with Gasteiger partial charge >= 0.3 is 20.6 Å². The van der Waals surface area contributed by atoms with E-state index in [1.165, 1.54) is 60.7 Å². The third-order valence-corrected chi connectivity index (χ3v) is 6.57. The van der Waals surface area contributed by atoms with Gasteiger partial charge in [-0.1, -0.05) is 51.9 Å². The Morgan fingerprint density at radius 2 is 1.05 bits per heavy atom. The minimum atomic E-state index is -5.14. The Labute approximate surface area is 214 Å². The second-order valence-corrected chi connectivity index (χ2v) is 10.2.